The molecule has 3 nitrogen and oxygen atoms in total. The van der Waals surface area contributed by atoms with E-state index in [-0.39, 0.29) is 6.61 Å². The number of aliphatic hydroxyl groups is 1. The Labute approximate surface area is 101 Å². The Kier molecular flexibility index (Phi) is 3.73. The number of benzene rings is 1. The number of rotatable bonds is 4. The minimum Gasteiger partial charge on any atom is -0.496 e. The molecule has 0 aliphatic rings. The van der Waals surface area contributed by atoms with Gasteiger partial charge < -0.3 is 9.84 Å². The number of hydrogen-bond acceptors (Lipinski definition) is 3. The molecule has 1 N–H and O–H groups in total. The van der Waals surface area contributed by atoms with Gasteiger partial charge >= 0.3 is 0 Å². The highest BCUT2D eigenvalue weighted by Gasteiger charge is 2.10. The van der Waals surface area contributed by atoms with Crippen molar-refractivity contribution in [2.24, 2.45) is 0 Å². The summed E-state index contributed by atoms with van der Waals surface area (Å²) in [6, 6.07) is 11.6. The first-order valence-corrected chi connectivity index (χ1v) is 5.55. The summed E-state index contributed by atoms with van der Waals surface area (Å²) in [7, 11) is 1.65. The van der Waals surface area contributed by atoms with Crippen molar-refractivity contribution < 1.29 is 9.84 Å². The fourth-order valence-electron chi connectivity index (χ4n) is 1.84. The molecule has 0 bridgehead atoms. The molecule has 0 saturated carbocycles. The lowest BCUT2D eigenvalue weighted by atomic mass is 10.0. The first kappa shape index (κ1) is 11.6. The molecule has 2 rings (SSSR count). The Morgan fingerprint density at radius 3 is 2.76 bits per heavy atom. The van der Waals surface area contributed by atoms with Crippen LogP contribution in [0.1, 0.15) is 5.56 Å². The molecule has 0 saturated heterocycles. The third kappa shape index (κ3) is 2.45. The van der Waals surface area contributed by atoms with Crippen LogP contribution in [0.25, 0.3) is 11.3 Å². The summed E-state index contributed by atoms with van der Waals surface area (Å²) in [6.07, 6.45) is 2.35. The number of para-hydroxylation sites is 1. The molecule has 1 aromatic heterocycles. The molecule has 2 aromatic rings. The van der Waals surface area contributed by atoms with Gasteiger partial charge in [0.1, 0.15) is 5.75 Å². The van der Waals surface area contributed by atoms with Crippen molar-refractivity contribution in [3.8, 4) is 17.0 Å². The summed E-state index contributed by atoms with van der Waals surface area (Å²) in [5.74, 6) is 0.797. The van der Waals surface area contributed by atoms with Crippen LogP contribution >= 0.6 is 0 Å². The average Bonchev–Trinajstić information content (AvgIpc) is 2.40. The normalized spacial score (nSPS) is 10.2. The summed E-state index contributed by atoms with van der Waals surface area (Å²) in [6.45, 7) is 0.119. The minimum absolute atomic E-state index is 0.119. The van der Waals surface area contributed by atoms with Gasteiger partial charge in [0.25, 0.3) is 0 Å². The molecule has 1 heterocycles. The standard InChI is InChI=1S/C14H15NO2/c1-17-13-7-3-2-6-12(13)14-11(8-10-16)5-4-9-15-14/h2-7,9,16H,8,10H2,1H3. The summed E-state index contributed by atoms with van der Waals surface area (Å²) in [5, 5.41) is 9.06. The van der Waals surface area contributed by atoms with E-state index in [0.717, 1.165) is 22.6 Å². The third-order valence-corrected chi connectivity index (χ3v) is 2.63. The Bertz CT molecular complexity index is 497. The van der Waals surface area contributed by atoms with Crippen molar-refractivity contribution in [1.82, 2.24) is 4.98 Å². The molecule has 0 amide bonds. The van der Waals surface area contributed by atoms with Gasteiger partial charge in [0.05, 0.1) is 12.8 Å². The Morgan fingerprint density at radius 2 is 2.00 bits per heavy atom. The first-order chi connectivity index (χ1) is 8.36. The molecular weight excluding hydrogens is 214 g/mol. The maximum Gasteiger partial charge on any atom is 0.128 e. The molecule has 0 atom stereocenters. The molecule has 0 aliphatic carbocycles. The SMILES string of the molecule is COc1ccccc1-c1ncccc1CCO. The lowest BCUT2D eigenvalue weighted by Gasteiger charge is -2.11. The van der Waals surface area contributed by atoms with E-state index in [9.17, 15) is 0 Å². The van der Waals surface area contributed by atoms with Crippen LogP contribution in [0.4, 0.5) is 0 Å². The van der Waals surface area contributed by atoms with Crippen LogP contribution in [0.3, 0.4) is 0 Å². The lowest BCUT2D eigenvalue weighted by Crippen LogP contribution is -1.98. The van der Waals surface area contributed by atoms with Crippen molar-refractivity contribution in [2.75, 3.05) is 13.7 Å². The molecule has 0 radical (unpaired) electrons. The van der Waals surface area contributed by atoms with Crippen LogP contribution in [-0.2, 0) is 6.42 Å². The van der Waals surface area contributed by atoms with E-state index in [0.29, 0.717) is 6.42 Å². The van der Waals surface area contributed by atoms with E-state index in [1.807, 2.05) is 36.4 Å². The number of hydrogen-bond donors (Lipinski definition) is 1. The molecule has 0 unspecified atom stereocenters. The largest absolute Gasteiger partial charge is 0.496 e. The van der Waals surface area contributed by atoms with Crippen molar-refractivity contribution in [3.63, 3.8) is 0 Å². The monoisotopic (exact) mass is 229 g/mol. The molecule has 3 heteroatoms. The Balaban J connectivity index is 2.52. The van der Waals surface area contributed by atoms with Crippen molar-refractivity contribution >= 4 is 0 Å². The second kappa shape index (κ2) is 5.46. The van der Waals surface area contributed by atoms with E-state index in [1.165, 1.54) is 0 Å². The van der Waals surface area contributed by atoms with Gasteiger partial charge in [-0.05, 0) is 30.2 Å². The van der Waals surface area contributed by atoms with Crippen LogP contribution in [0.15, 0.2) is 42.6 Å². The smallest absolute Gasteiger partial charge is 0.128 e. The number of aliphatic hydroxyl groups excluding tert-OH is 1. The van der Waals surface area contributed by atoms with Gasteiger partial charge in [-0.25, -0.2) is 0 Å². The highest BCUT2D eigenvalue weighted by Crippen LogP contribution is 2.30. The molecule has 88 valence electrons. The zero-order valence-electron chi connectivity index (χ0n) is 9.76. The Hall–Kier alpha value is -1.87. The van der Waals surface area contributed by atoms with Crippen LogP contribution < -0.4 is 4.74 Å². The summed E-state index contributed by atoms with van der Waals surface area (Å²) < 4.78 is 5.33. The fraction of sp³-hybridized carbons (Fsp3) is 0.214. The number of aromatic nitrogens is 1. The highest BCUT2D eigenvalue weighted by atomic mass is 16.5. The second-order valence-electron chi connectivity index (χ2n) is 3.69. The molecule has 0 fully saturated rings. The van der Waals surface area contributed by atoms with Crippen LogP contribution in [0.5, 0.6) is 5.75 Å². The van der Waals surface area contributed by atoms with Crippen molar-refractivity contribution in [1.29, 1.82) is 0 Å². The van der Waals surface area contributed by atoms with Crippen molar-refractivity contribution in [2.45, 2.75) is 6.42 Å². The predicted octanol–water partition coefficient (Wildman–Crippen LogP) is 2.29. The van der Waals surface area contributed by atoms with Gasteiger partial charge in [-0.1, -0.05) is 18.2 Å². The zero-order valence-corrected chi connectivity index (χ0v) is 9.76. The number of methoxy groups -OCH3 is 1. The molecular formula is C14H15NO2. The lowest BCUT2D eigenvalue weighted by molar-refractivity contribution is 0.299. The summed E-state index contributed by atoms with van der Waals surface area (Å²) in [5.41, 5.74) is 2.86. The predicted molar refractivity (Wildman–Crippen MR) is 67.0 cm³/mol. The van der Waals surface area contributed by atoms with E-state index in [2.05, 4.69) is 4.98 Å². The van der Waals surface area contributed by atoms with Crippen LogP contribution in [0.2, 0.25) is 0 Å². The van der Waals surface area contributed by atoms with Gasteiger partial charge in [0, 0.05) is 18.4 Å². The number of pyridine rings is 1. The van der Waals surface area contributed by atoms with Crippen molar-refractivity contribution in [3.05, 3.63) is 48.2 Å². The average molecular weight is 229 g/mol. The van der Waals surface area contributed by atoms with Gasteiger partial charge in [0.15, 0.2) is 0 Å². The maximum atomic E-state index is 9.06. The first-order valence-electron chi connectivity index (χ1n) is 5.55. The highest BCUT2D eigenvalue weighted by molar-refractivity contribution is 5.69. The molecule has 0 spiro atoms. The van der Waals surface area contributed by atoms with E-state index < -0.39 is 0 Å². The summed E-state index contributed by atoms with van der Waals surface area (Å²) >= 11 is 0. The summed E-state index contributed by atoms with van der Waals surface area (Å²) in [4.78, 5) is 4.39. The molecule has 0 aliphatic heterocycles. The van der Waals surface area contributed by atoms with Crippen LogP contribution in [-0.4, -0.2) is 23.8 Å². The van der Waals surface area contributed by atoms with Gasteiger partial charge in [-0.15, -0.1) is 0 Å². The third-order valence-electron chi connectivity index (χ3n) is 2.63. The fourth-order valence-corrected chi connectivity index (χ4v) is 1.84. The number of nitrogens with zero attached hydrogens (tertiary/aromatic N) is 1. The van der Waals surface area contributed by atoms with Gasteiger partial charge in [0.2, 0.25) is 0 Å². The zero-order chi connectivity index (χ0) is 12.1. The van der Waals surface area contributed by atoms with Gasteiger partial charge in [-0.3, -0.25) is 4.98 Å². The van der Waals surface area contributed by atoms with Crippen LogP contribution in [0, 0.1) is 0 Å². The van der Waals surface area contributed by atoms with E-state index in [4.69, 9.17) is 9.84 Å². The second-order valence-corrected chi connectivity index (χ2v) is 3.69. The maximum absolute atomic E-state index is 9.06. The Morgan fingerprint density at radius 1 is 1.18 bits per heavy atom. The molecule has 1 aromatic carbocycles. The van der Waals surface area contributed by atoms with E-state index >= 15 is 0 Å². The van der Waals surface area contributed by atoms with E-state index in [1.54, 1.807) is 13.3 Å². The van der Waals surface area contributed by atoms with Gasteiger partial charge in [-0.2, -0.15) is 0 Å². The number of ether oxygens (including phenoxy) is 1. The molecule has 17 heavy (non-hydrogen) atoms. The topological polar surface area (TPSA) is 42.4 Å². The minimum atomic E-state index is 0.119. The quantitative estimate of drug-likeness (QED) is 0.874.